The van der Waals surface area contributed by atoms with Crippen LogP contribution in [-0.2, 0) is 16.0 Å². The molecule has 0 N–H and O–H groups in total. The van der Waals surface area contributed by atoms with Crippen molar-refractivity contribution >= 4 is 35.7 Å². The van der Waals surface area contributed by atoms with Gasteiger partial charge in [0.1, 0.15) is 12.9 Å². The van der Waals surface area contributed by atoms with E-state index in [2.05, 4.69) is 0 Å². The first-order chi connectivity index (χ1) is 11.3. The summed E-state index contributed by atoms with van der Waals surface area (Å²) in [6.07, 6.45) is 1.85. The molecule has 6 heteroatoms. The smallest absolute Gasteiger partial charge is 0.410 e. The summed E-state index contributed by atoms with van der Waals surface area (Å²) in [5.74, 6) is 1.46. The third kappa shape index (κ3) is 8.06. The van der Waals surface area contributed by atoms with Crippen LogP contribution in [0.2, 0.25) is 5.02 Å². The van der Waals surface area contributed by atoms with Crippen LogP contribution in [0.4, 0.5) is 4.79 Å². The molecule has 1 rings (SSSR count). The lowest BCUT2D eigenvalue weighted by molar-refractivity contribution is -0.107. The summed E-state index contributed by atoms with van der Waals surface area (Å²) in [6, 6.07) is 7.66. The summed E-state index contributed by atoms with van der Waals surface area (Å²) < 4.78 is 5.37. The number of aldehydes is 1. The van der Waals surface area contributed by atoms with Crippen LogP contribution in [0.5, 0.6) is 0 Å². The molecule has 0 spiro atoms. The van der Waals surface area contributed by atoms with Gasteiger partial charge in [-0.15, -0.1) is 0 Å². The van der Waals surface area contributed by atoms with Crippen molar-refractivity contribution in [1.82, 2.24) is 4.90 Å². The molecule has 0 aliphatic heterocycles. The van der Waals surface area contributed by atoms with Gasteiger partial charge < -0.3 is 14.4 Å². The third-order valence-electron chi connectivity index (χ3n) is 3.38. The molecule has 0 unspecified atom stereocenters. The van der Waals surface area contributed by atoms with Crippen molar-refractivity contribution in [3.05, 3.63) is 34.9 Å². The zero-order chi connectivity index (χ0) is 18.0. The molecule has 134 valence electrons. The fraction of sp³-hybridized carbons (Fsp3) is 0.556. The molecule has 1 amide bonds. The van der Waals surface area contributed by atoms with E-state index in [-0.39, 0.29) is 11.6 Å². The van der Waals surface area contributed by atoms with Gasteiger partial charge in [-0.1, -0.05) is 23.7 Å². The van der Waals surface area contributed by atoms with Crippen molar-refractivity contribution in [2.45, 2.75) is 39.2 Å². The average molecular weight is 372 g/mol. The second-order valence-corrected chi connectivity index (χ2v) is 8.05. The molecule has 0 bridgehead atoms. The number of ether oxygens (including phenoxy) is 1. The van der Waals surface area contributed by atoms with Gasteiger partial charge >= 0.3 is 6.09 Å². The molecule has 0 fully saturated rings. The minimum absolute atomic E-state index is 0.305. The van der Waals surface area contributed by atoms with Gasteiger partial charge in [-0.3, -0.25) is 0 Å². The second kappa shape index (κ2) is 10.6. The maximum atomic E-state index is 12.4. The van der Waals surface area contributed by atoms with Crippen LogP contribution in [-0.4, -0.2) is 47.5 Å². The first-order valence-electron chi connectivity index (χ1n) is 8.05. The number of hydrogen-bond donors (Lipinski definition) is 0. The molecule has 0 aromatic heterocycles. The molecular weight excluding hydrogens is 346 g/mol. The third-order valence-corrected chi connectivity index (χ3v) is 4.59. The lowest BCUT2D eigenvalue weighted by atomic mass is 10.1. The van der Waals surface area contributed by atoms with E-state index in [0.29, 0.717) is 30.3 Å². The quantitative estimate of drug-likeness (QED) is 0.475. The number of thioether (sulfide) groups is 1. The number of nitrogens with zero attached hydrogens (tertiary/aromatic N) is 1. The Morgan fingerprint density at radius 3 is 2.71 bits per heavy atom. The standard InChI is InChI=1S/C18H26ClNO3S/c1-18(2,3)20(9-8-15-6-4-7-16(19)14-15)17(22)23-11-13-24-12-5-10-21/h4,6-7,10,14H,5,8-9,11-13H2,1-3H3. The van der Waals surface area contributed by atoms with E-state index >= 15 is 0 Å². The summed E-state index contributed by atoms with van der Waals surface area (Å²) >= 11 is 7.61. The second-order valence-electron chi connectivity index (χ2n) is 6.38. The average Bonchev–Trinajstić information content (AvgIpc) is 2.49. The summed E-state index contributed by atoms with van der Waals surface area (Å²) in [6.45, 7) is 6.90. The van der Waals surface area contributed by atoms with Gasteiger partial charge in [0.25, 0.3) is 0 Å². The van der Waals surface area contributed by atoms with Gasteiger partial charge in [-0.05, 0) is 44.9 Å². The molecule has 0 radical (unpaired) electrons. The lowest BCUT2D eigenvalue weighted by Gasteiger charge is -2.34. The highest BCUT2D eigenvalue weighted by Crippen LogP contribution is 2.17. The summed E-state index contributed by atoms with van der Waals surface area (Å²) in [5.41, 5.74) is 0.773. The minimum atomic E-state index is -0.319. The molecule has 4 nitrogen and oxygen atoms in total. The molecule has 0 saturated heterocycles. The van der Waals surface area contributed by atoms with Gasteiger partial charge in [0, 0.05) is 35.0 Å². The topological polar surface area (TPSA) is 46.6 Å². The van der Waals surface area contributed by atoms with Crippen molar-refractivity contribution in [2.75, 3.05) is 24.7 Å². The molecule has 0 saturated carbocycles. The molecule has 0 aliphatic carbocycles. The van der Waals surface area contributed by atoms with E-state index in [9.17, 15) is 9.59 Å². The van der Waals surface area contributed by atoms with E-state index in [1.165, 1.54) is 0 Å². The Labute approximate surface area is 153 Å². The zero-order valence-corrected chi connectivity index (χ0v) is 16.2. The Bertz CT molecular complexity index is 531. The van der Waals surface area contributed by atoms with Gasteiger partial charge in [0.05, 0.1) is 0 Å². The molecule has 1 aromatic rings. The normalized spacial score (nSPS) is 11.2. The molecule has 24 heavy (non-hydrogen) atoms. The fourth-order valence-electron chi connectivity index (χ4n) is 2.13. The van der Waals surface area contributed by atoms with Crippen LogP contribution < -0.4 is 0 Å². The van der Waals surface area contributed by atoms with Gasteiger partial charge in [0.15, 0.2) is 0 Å². The monoisotopic (exact) mass is 371 g/mol. The fourth-order valence-corrected chi connectivity index (χ4v) is 3.01. The lowest BCUT2D eigenvalue weighted by Crippen LogP contribution is -2.47. The predicted molar refractivity (Wildman–Crippen MR) is 101 cm³/mol. The maximum Gasteiger partial charge on any atom is 0.410 e. The largest absolute Gasteiger partial charge is 0.449 e. The summed E-state index contributed by atoms with van der Waals surface area (Å²) in [4.78, 5) is 24.4. The summed E-state index contributed by atoms with van der Waals surface area (Å²) in [5, 5.41) is 0.699. The number of rotatable bonds is 9. The number of amides is 1. The van der Waals surface area contributed by atoms with Crippen molar-refractivity contribution < 1.29 is 14.3 Å². The predicted octanol–water partition coefficient (Wildman–Crippen LogP) is 4.44. The molecule has 0 aliphatic rings. The number of halogens is 1. The zero-order valence-electron chi connectivity index (χ0n) is 14.6. The van der Waals surface area contributed by atoms with Crippen LogP contribution in [0.3, 0.4) is 0 Å². The molecule has 1 aromatic carbocycles. The number of carbonyl (C=O) groups is 2. The first-order valence-corrected chi connectivity index (χ1v) is 9.58. The SMILES string of the molecule is CC(C)(C)N(CCc1cccc(Cl)c1)C(=O)OCCSCCC=O. The van der Waals surface area contributed by atoms with Gasteiger partial charge in [-0.25, -0.2) is 4.79 Å². The van der Waals surface area contributed by atoms with Gasteiger partial charge in [0.2, 0.25) is 0 Å². The van der Waals surface area contributed by atoms with E-state index in [1.807, 2.05) is 45.0 Å². The molecule has 0 atom stereocenters. The Kier molecular flexibility index (Phi) is 9.22. The highest BCUT2D eigenvalue weighted by molar-refractivity contribution is 7.99. The Morgan fingerprint density at radius 2 is 2.08 bits per heavy atom. The first kappa shape index (κ1) is 20.8. The van der Waals surface area contributed by atoms with E-state index in [1.54, 1.807) is 16.7 Å². The number of carbonyl (C=O) groups excluding carboxylic acids is 2. The van der Waals surface area contributed by atoms with Crippen molar-refractivity contribution in [3.8, 4) is 0 Å². The van der Waals surface area contributed by atoms with Crippen molar-refractivity contribution in [3.63, 3.8) is 0 Å². The van der Waals surface area contributed by atoms with Crippen LogP contribution in [0.15, 0.2) is 24.3 Å². The van der Waals surface area contributed by atoms with Crippen molar-refractivity contribution in [2.24, 2.45) is 0 Å². The highest BCUT2D eigenvalue weighted by Gasteiger charge is 2.27. The molecular formula is C18H26ClNO3S. The van der Waals surface area contributed by atoms with Crippen LogP contribution in [0, 0.1) is 0 Å². The van der Waals surface area contributed by atoms with E-state index in [4.69, 9.17) is 16.3 Å². The van der Waals surface area contributed by atoms with Crippen molar-refractivity contribution in [1.29, 1.82) is 0 Å². The Morgan fingerprint density at radius 1 is 1.33 bits per heavy atom. The number of benzene rings is 1. The van der Waals surface area contributed by atoms with E-state index < -0.39 is 0 Å². The Balaban J connectivity index is 2.49. The maximum absolute atomic E-state index is 12.4. The van der Waals surface area contributed by atoms with Crippen LogP contribution >= 0.6 is 23.4 Å². The van der Waals surface area contributed by atoms with E-state index in [0.717, 1.165) is 24.0 Å². The van der Waals surface area contributed by atoms with Gasteiger partial charge in [-0.2, -0.15) is 11.8 Å². The molecule has 0 heterocycles. The minimum Gasteiger partial charge on any atom is -0.449 e. The Hall–Kier alpha value is -1.20. The number of hydrogen-bond acceptors (Lipinski definition) is 4. The van der Waals surface area contributed by atoms with Crippen LogP contribution in [0.25, 0.3) is 0 Å². The van der Waals surface area contributed by atoms with Crippen LogP contribution in [0.1, 0.15) is 32.8 Å². The summed E-state index contributed by atoms with van der Waals surface area (Å²) in [7, 11) is 0. The highest BCUT2D eigenvalue weighted by atomic mass is 35.5.